The van der Waals surface area contributed by atoms with E-state index in [2.05, 4.69) is 16.7 Å². The van der Waals surface area contributed by atoms with E-state index < -0.39 is 220 Å². The van der Waals surface area contributed by atoms with Gasteiger partial charge in [-0.3, -0.25) is 18.2 Å². The van der Waals surface area contributed by atoms with Crippen molar-refractivity contribution in [2.45, 2.75) is 158 Å². The lowest BCUT2D eigenvalue weighted by atomic mass is 9.84. The van der Waals surface area contributed by atoms with E-state index in [1.54, 1.807) is 0 Å². The largest absolute Gasteiger partial charge is 0.786 e. The van der Waals surface area contributed by atoms with Gasteiger partial charge in [0.25, 0.3) is 0 Å². The van der Waals surface area contributed by atoms with Gasteiger partial charge in [-0.25, -0.2) is 21.5 Å². The van der Waals surface area contributed by atoms with Gasteiger partial charge in [-0.15, -0.1) is 0 Å². The molecule has 5 fully saturated rings. The highest BCUT2D eigenvalue weighted by atomic mass is 32.3. The predicted octanol–water partition coefficient (Wildman–Crippen LogP) is -5.44. The minimum absolute atomic E-state index is 1.02. The van der Waals surface area contributed by atoms with Crippen molar-refractivity contribution in [2.75, 3.05) is 26.9 Å². The van der Waals surface area contributed by atoms with E-state index in [-0.39, 0.29) is 0 Å². The molecule has 5 saturated heterocycles. The van der Waals surface area contributed by atoms with Crippen molar-refractivity contribution in [1.82, 2.24) is 5.48 Å². The average molecular weight is 1170 g/mol. The number of aliphatic hydroxyl groups is 5. The van der Waals surface area contributed by atoms with Gasteiger partial charge in [0, 0.05) is 30.8 Å². The van der Waals surface area contributed by atoms with Crippen LogP contribution in [0.15, 0.2) is 0 Å². The number of carboxylic acid groups (broad SMARTS) is 1. The van der Waals surface area contributed by atoms with Gasteiger partial charge in [-0.2, -0.15) is 33.7 Å². The minimum atomic E-state index is -5.61. The Hall–Kier alpha value is -1.73. The topological polar surface area (TPSA) is 520 Å². The first-order valence-electron chi connectivity index (χ1n) is 22.0. The molecule has 0 aromatic carbocycles. The molecule has 39 heteroatoms. The van der Waals surface area contributed by atoms with E-state index in [0.29, 0.717) is 0 Å². The highest BCUT2D eigenvalue weighted by Crippen LogP contribution is 2.41. The number of carbonyl (C=O) groups is 1. The van der Waals surface area contributed by atoms with Gasteiger partial charge in [0.05, 0.1) is 38.1 Å². The molecule has 0 amide bonds. The molecule has 74 heavy (non-hydrogen) atoms. The van der Waals surface area contributed by atoms with Crippen LogP contribution < -0.4 is 5.48 Å². The fourth-order valence-electron chi connectivity index (χ4n) is 8.78. The molecule has 35 nitrogen and oxygen atoms in total. The molecule has 434 valence electrons. The van der Waals surface area contributed by atoms with Gasteiger partial charge in [0.1, 0.15) is 61.2 Å². The fourth-order valence-corrected chi connectivity index (χ4v) is 10.2. The average Bonchev–Trinajstić information content (AvgIpc) is 3.29. The number of rotatable bonds is 22. The summed E-state index contributed by atoms with van der Waals surface area (Å²) in [6.45, 7) is 3.50. The summed E-state index contributed by atoms with van der Waals surface area (Å²) >= 11 is 0. The van der Waals surface area contributed by atoms with Crippen molar-refractivity contribution in [3.8, 4) is 0 Å². The summed E-state index contributed by atoms with van der Waals surface area (Å²) in [4.78, 5) is 12.7. The Balaban J connectivity index is 1.38. The SMILES string of the molecule is CO[C@H]1OC(COS(=O)(=O)O)[C@@H](O[C@@H]2O[C@@H](N[O-])[C@@H](O[C@H]3OC(COS(=O)(=O)O)[C@@H](O[C@@H]4OC(C(=O)O)[C@@H](O[C@H]5OC(COS(=O)(=O)O)[C@@H](O)[C@H](O)C5C)[C@H](C)C4O)[C@H](C)C3C)C(O)C2OS(=O)(=O)O)[C@H](O)C1C. The summed E-state index contributed by atoms with van der Waals surface area (Å²) in [6.07, 6.45) is -37.5. The second kappa shape index (κ2) is 25.2. The van der Waals surface area contributed by atoms with Crippen molar-refractivity contribution in [1.29, 1.82) is 0 Å². The standard InChI is InChI=1S/C35H60NO34S4/c1-10-11(2)32(67-26-22(41)27(70-74(54,55)56)35(69-29(26)36-44)66-25-17(9-60-73(51,52)53)62-31(57-6)14(5)19(25)38)63-16(8-59-72(48,49)50)23(10)64-34-20(39)12(3)24(28(68-34)30(42)43)65-33-13(4)18(37)21(40)15(61-33)7-58-71(45,46)47/h10-29,31-41H,7-9H2,1-6H3,(H,42,43)(H,45,46,47)(H,48,49,50)(H,51,52,53)(H,54,55,56)/q-1/t10-,11?,12-,13?,14?,15?,16?,17?,18-,19-,20?,21-,22?,23+,24+,25-,26+,27?,28?,29-,31+,32-,33-,34-,35-/m1/s1. The third-order valence-electron chi connectivity index (χ3n) is 13.0. The number of aliphatic hydroxyl groups excluding tert-OH is 5. The smallest absolute Gasteiger partial charge is 0.397 e. The monoisotopic (exact) mass is 1170 g/mol. The van der Waals surface area contributed by atoms with E-state index >= 15 is 0 Å². The van der Waals surface area contributed by atoms with Gasteiger partial charge in [-0.05, 0) is 5.92 Å². The molecule has 0 aromatic rings. The molecule has 0 aromatic heterocycles. The van der Waals surface area contributed by atoms with Gasteiger partial charge >= 0.3 is 47.6 Å². The predicted molar refractivity (Wildman–Crippen MR) is 229 cm³/mol. The fraction of sp³-hybridized carbons (Fsp3) is 0.971. The van der Waals surface area contributed by atoms with Gasteiger partial charge in [-0.1, -0.05) is 34.6 Å². The molecular formula is C35H60NO34S4-. The van der Waals surface area contributed by atoms with Crippen molar-refractivity contribution >= 4 is 47.6 Å². The highest BCUT2D eigenvalue weighted by Gasteiger charge is 2.57. The number of hydrogen-bond acceptors (Lipinski definition) is 30. The van der Waals surface area contributed by atoms with Crippen LogP contribution in [-0.4, -0.2) is 239 Å². The van der Waals surface area contributed by atoms with Crippen LogP contribution in [0.1, 0.15) is 34.6 Å². The molecule has 0 saturated carbocycles. The summed E-state index contributed by atoms with van der Waals surface area (Å²) in [7, 11) is -20.0. The lowest BCUT2D eigenvalue weighted by molar-refractivity contribution is -0.377. The van der Waals surface area contributed by atoms with Gasteiger partial charge < -0.3 is 88.7 Å². The number of methoxy groups -OCH3 is 1. The van der Waals surface area contributed by atoms with Crippen LogP contribution in [0.4, 0.5) is 0 Å². The molecule has 5 heterocycles. The second-order valence-electron chi connectivity index (χ2n) is 17.9. The molecule has 0 spiro atoms. The van der Waals surface area contributed by atoms with E-state index in [1.807, 2.05) is 0 Å². The van der Waals surface area contributed by atoms with Crippen molar-refractivity contribution in [2.24, 2.45) is 29.6 Å². The number of hydrogen-bond donors (Lipinski definition) is 11. The van der Waals surface area contributed by atoms with Crippen LogP contribution in [0, 0.1) is 34.8 Å². The van der Waals surface area contributed by atoms with E-state index in [4.69, 9.17) is 51.9 Å². The third-order valence-corrected chi connectivity index (χ3v) is 14.8. The van der Waals surface area contributed by atoms with Gasteiger partial charge in [0.15, 0.2) is 43.7 Å². The van der Waals surface area contributed by atoms with Gasteiger partial charge in [0.2, 0.25) is 0 Å². The summed E-state index contributed by atoms with van der Waals surface area (Å²) in [5.74, 6) is -7.35. The Bertz CT molecular complexity index is 2320. The van der Waals surface area contributed by atoms with Crippen LogP contribution in [0.5, 0.6) is 0 Å². The molecule has 0 radical (unpaired) electrons. The first-order valence-corrected chi connectivity index (χ1v) is 27.5. The Labute approximate surface area is 422 Å². The van der Waals surface area contributed by atoms with E-state index in [9.17, 15) is 88.0 Å². The second-order valence-corrected chi connectivity index (χ2v) is 22.3. The first-order chi connectivity index (χ1) is 34.1. The number of carboxylic acids is 1. The lowest BCUT2D eigenvalue weighted by Crippen LogP contribution is -2.67. The summed E-state index contributed by atoms with van der Waals surface area (Å²) in [6, 6.07) is 0. The summed E-state index contributed by atoms with van der Waals surface area (Å²) < 4.78 is 206. The maximum atomic E-state index is 12.7. The molecule has 10 unspecified atom stereocenters. The first kappa shape index (κ1) is 63.1. The Morgan fingerprint density at radius 1 is 0.473 bits per heavy atom. The van der Waals surface area contributed by atoms with Crippen molar-refractivity contribution in [3.05, 3.63) is 5.21 Å². The Morgan fingerprint density at radius 2 is 0.932 bits per heavy atom. The van der Waals surface area contributed by atoms with E-state index in [1.165, 1.54) is 40.1 Å². The zero-order valence-corrected chi connectivity index (χ0v) is 42.7. The zero-order valence-electron chi connectivity index (χ0n) is 39.5. The minimum Gasteiger partial charge on any atom is -0.786 e. The van der Waals surface area contributed by atoms with Crippen LogP contribution in [0.3, 0.4) is 0 Å². The molecule has 5 aliphatic rings. The summed E-state index contributed by atoms with van der Waals surface area (Å²) in [5, 5.41) is 78.3. The molecule has 0 bridgehead atoms. The summed E-state index contributed by atoms with van der Waals surface area (Å²) in [5.41, 5.74) is 1.39. The van der Waals surface area contributed by atoms with Crippen LogP contribution >= 0.6 is 0 Å². The Morgan fingerprint density at radius 3 is 1.45 bits per heavy atom. The number of ether oxygens (including phenoxy) is 10. The quantitative estimate of drug-likeness (QED) is 0.0356. The van der Waals surface area contributed by atoms with Crippen molar-refractivity contribution < 1.29 is 151 Å². The van der Waals surface area contributed by atoms with Crippen molar-refractivity contribution in [3.63, 3.8) is 0 Å². The molecule has 5 aliphatic heterocycles. The highest BCUT2D eigenvalue weighted by molar-refractivity contribution is 7.81. The molecular weight excluding hydrogens is 1110 g/mol. The third kappa shape index (κ3) is 16.0. The normalized spacial score (nSPS) is 44.0. The number of aliphatic carboxylic acids is 1. The molecule has 11 N–H and O–H groups in total. The van der Waals surface area contributed by atoms with Crippen LogP contribution in [-0.2, 0) is 110 Å². The van der Waals surface area contributed by atoms with Crippen LogP contribution in [0.25, 0.3) is 0 Å². The molecule has 25 atom stereocenters. The Kier molecular flexibility index (Phi) is 21.5. The number of hydroxylamine groups is 1. The zero-order chi connectivity index (χ0) is 55.7. The maximum absolute atomic E-state index is 12.7. The maximum Gasteiger partial charge on any atom is 0.397 e. The van der Waals surface area contributed by atoms with Crippen LogP contribution in [0.2, 0.25) is 0 Å². The van der Waals surface area contributed by atoms with E-state index in [0.717, 1.165) is 7.11 Å². The number of nitrogens with one attached hydrogen (secondary N) is 1. The molecule has 5 rings (SSSR count). The molecule has 0 aliphatic carbocycles. The lowest BCUT2D eigenvalue weighted by Gasteiger charge is -2.51.